The predicted molar refractivity (Wildman–Crippen MR) is 51.7 cm³/mol. The topological polar surface area (TPSA) is 3.24 Å². The Morgan fingerprint density at radius 1 is 1.42 bits per heavy atom. The third-order valence-electron chi connectivity index (χ3n) is 2.76. The third kappa shape index (κ3) is 1.20. The number of allylic oxidation sites excluding steroid dienone is 5. The van der Waals surface area contributed by atoms with Crippen LogP contribution in [0.4, 0.5) is 0 Å². The van der Waals surface area contributed by atoms with Gasteiger partial charge in [0.2, 0.25) is 0 Å². The fraction of sp³-hybridized carbons (Fsp3) is 0.455. The fourth-order valence-corrected chi connectivity index (χ4v) is 1.79. The molecule has 2 rings (SSSR count). The van der Waals surface area contributed by atoms with Gasteiger partial charge in [-0.05, 0) is 12.5 Å². The molecule has 2 aliphatic rings. The monoisotopic (exact) mass is 161 g/mol. The summed E-state index contributed by atoms with van der Waals surface area (Å²) in [6, 6.07) is 0. The zero-order valence-electron chi connectivity index (χ0n) is 7.75. The van der Waals surface area contributed by atoms with Gasteiger partial charge in [-0.3, -0.25) is 0 Å². The lowest BCUT2D eigenvalue weighted by Gasteiger charge is -2.33. The van der Waals surface area contributed by atoms with Crippen molar-refractivity contribution in [2.75, 3.05) is 13.6 Å². The molecular formula is C11H15N. The van der Waals surface area contributed by atoms with Crippen molar-refractivity contribution in [3.8, 4) is 0 Å². The summed E-state index contributed by atoms with van der Waals surface area (Å²) in [5, 5.41) is 0. The normalized spacial score (nSPS) is 33.2. The summed E-state index contributed by atoms with van der Waals surface area (Å²) in [5.41, 5.74) is 1.65. The van der Waals surface area contributed by atoms with Crippen LogP contribution >= 0.6 is 0 Å². The molecule has 0 amide bonds. The minimum atomic E-state index is 0.297. The van der Waals surface area contributed by atoms with Crippen molar-refractivity contribution in [2.45, 2.75) is 13.3 Å². The van der Waals surface area contributed by atoms with Crippen molar-refractivity contribution in [3.05, 3.63) is 36.1 Å². The van der Waals surface area contributed by atoms with Crippen LogP contribution in [0.3, 0.4) is 0 Å². The molecular weight excluding hydrogens is 146 g/mol. The second kappa shape index (κ2) is 2.51. The van der Waals surface area contributed by atoms with E-state index in [0.717, 1.165) is 6.54 Å². The van der Waals surface area contributed by atoms with E-state index in [2.05, 4.69) is 49.3 Å². The molecule has 1 aliphatic carbocycles. The molecule has 1 unspecified atom stereocenters. The number of hydrogen-bond acceptors (Lipinski definition) is 1. The fourth-order valence-electron chi connectivity index (χ4n) is 1.79. The van der Waals surface area contributed by atoms with Gasteiger partial charge in [0.25, 0.3) is 0 Å². The molecule has 1 atom stereocenters. The second-order valence-corrected chi connectivity index (χ2v) is 3.96. The van der Waals surface area contributed by atoms with Crippen molar-refractivity contribution in [1.82, 2.24) is 4.90 Å². The van der Waals surface area contributed by atoms with Crippen LogP contribution in [0.2, 0.25) is 0 Å². The molecule has 12 heavy (non-hydrogen) atoms. The lowest BCUT2D eigenvalue weighted by Crippen LogP contribution is -2.29. The molecule has 0 aromatic carbocycles. The van der Waals surface area contributed by atoms with Crippen LogP contribution in [0.1, 0.15) is 13.3 Å². The lowest BCUT2D eigenvalue weighted by molar-refractivity contribution is 0.323. The number of likely N-dealkylation sites (N-methyl/N-ethyl adjacent to an activating group) is 1. The van der Waals surface area contributed by atoms with Gasteiger partial charge in [0.05, 0.1) is 0 Å². The van der Waals surface area contributed by atoms with Gasteiger partial charge in [-0.1, -0.05) is 31.2 Å². The number of fused-ring (bicyclic) bond motifs is 1. The van der Waals surface area contributed by atoms with Gasteiger partial charge in [-0.15, -0.1) is 0 Å². The van der Waals surface area contributed by atoms with E-state index in [-0.39, 0.29) is 0 Å². The zero-order chi connectivity index (χ0) is 8.60. The van der Waals surface area contributed by atoms with Gasteiger partial charge >= 0.3 is 0 Å². The highest BCUT2D eigenvalue weighted by Gasteiger charge is 2.25. The van der Waals surface area contributed by atoms with Gasteiger partial charge in [-0.2, -0.15) is 0 Å². The number of hydrogen-bond donors (Lipinski definition) is 0. The minimum absolute atomic E-state index is 0.297. The molecule has 0 fully saturated rings. The summed E-state index contributed by atoms with van der Waals surface area (Å²) < 4.78 is 0. The van der Waals surface area contributed by atoms with Crippen molar-refractivity contribution in [2.24, 2.45) is 5.41 Å². The maximum Gasteiger partial charge on any atom is 0.0331 e. The van der Waals surface area contributed by atoms with Crippen LogP contribution in [0.25, 0.3) is 0 Å². The molecule has 0 radical (unpaired) electrons. The molecule has 1 heterocycles. The highest BCUT2D eigenvalue weighted by molar-refractivity contribution is 5.32. The summed E-state index contributed by atoms with van der Waals surface area (Å²) in [6.07, 6.45) is 12.3. The standard InChI is InChI=1S/C11H15N/c1-11-6-4-3-5-10(9-11)12(2)8-7-11/h3-6,9H,7-8H2,1-2H3. The smallest absolute Gasteiger partial charge is 0.0331 e. The first-order valence-electron chi connectivity index (χ1n) is 4.50. The quantitative estimate of drug-likeness (QED) is 0.527. The minimum Gasteiger partial charge on any atom is -0.375 e. The van der Waals surface area contributed by atoms with E-state index in [1.807, 2.05) is 0 Å². The van der Waals surface area contributed by atoms with E-state index < -0.39 is 0 Å². The molecule has 1 nitrogen and oxygen atoms in total. The average molecular weight is 161 g/mol. The number of nitrogens with zero attached hydrogens (tertiary/aromatic N) is 1. The van der Waals surface area contributed by atoms with Gasteiger partial charge in [0.15, 0.2) is 0 Å². The lowest BCUT2D eigenvalue weighted by atomic mass is 9.83. The summed E-state index contributed by atoms with van der Waals surface area (Å²) >= 11 is 0. The zero-order valence-corrected chi connectivity index (χ0v) is 7.75. The van der Waals surface area contributed by atoms with Crippen molar-refractivity contribution in [1.29, 1.82) is 0 Å². The molecule has 64 valence electrons. The van der Waals surface area contributed by atoms with Crippen LogP contribution in [0.15, 0.2) is 36.1 Å². The summed E-state index contributed by atoms with van der Waals surface area (Å²) in [7, 11) is 2.15. The highest BCUT2D eigenvalue weighted by Crippen LogP contribution is 2.33. The molecule has 0 spiro atoms. The third-order valence-corrected chi connectivity index (χ3v) is 2.76. The van der Waals surface area contributed by atoms with Gasteiger partial charge in [0, 0.05) is 24.7 Å². The first-order chi connectivity index (χ1) is 5.70. The Morgan fingerprint density at radius 3 is 3.08 bits per heavy atom. The maximum absolute atomic E-state index is 2.36. The summed E-state index contributed by atoms with van der Waals surface area (Å²) in [6.45, 7) is 3.46. The van der Waals surface area contributed by atoms with Gasteiger partial charge < -0.3 is 4.90 Å². The van der Waals surface area contributed by atoms with Gasteiger partial charge in [0.1, 0.15) is 0 Å². The van der Waals surface area contributed by atoms with Crippen LogP contribution in [-0.4, -0.2) is 18.5 Å². The van der Waals surface area contributed by atoms with E-state index >= 15 is 0 Å². The van der Waals surface area contributed by atoms with Crippen LogP contribution < -0.4 is 0 Å². The Labute approximate surface area is 74.1 Å². The molecule has 0 aromatic heterocycles. The van der Waals surface area contributed by atoms with E-state index in [9.17, 15) is 0 Å². The second-order valence-electron chi connectivity index (χ2n) is 3.96. The maximum atomic E-state index is 2.36. The predicted octanol–water partition coefficient (Wildman–Crippen LogP) is 2.34. The molecule has 0 N–H and O–H groups in total. The van der Waals surface area contributed by atoms with E-state index in [1.54, 1.807) is 0 Å². The van der Waals surface area contributed by atoms with Crippen LogP contribution in [-0.2, 0) is 0 Å². The Kier molecular flexibility index (Phi) is 1.60. The van der Waals surface area contributed by atoms with Crippen molar-refractivity contribution < 1.29 is 0 Å². The van der Waals surface area contributed by atoms with Crippen molar-refractivity contribution in [3.63, 3.8) is 0 Å². The molecule has 0 saturated carbocycles. The Morgan fingerprint density at radius 2 is 2.25 bits per heavy atom. The van der Waals surface area contributed by atoms with E-state index in [4.69, 9.17) is 0 Å². The van der Waals surface area contributed by atoms with E-state index in [0.29, 0.717) is 5.41 Å². The molecule has 1 aliphatic heterocycles. The highest BCUT2D eigenvalue weighted by atomic mass is 15.1. The summed E-state index contributed by atoms with van der Waals surface area (Å²) in [4.78, 5) is 2.31. The largest absolute Gasteiger partial charge is 0.375 e. The van der Waals surface area contributed by atoms with Gasteiger partial charge in [-0.25, -0.2) is 0 Å². The Balaban J connectivity index is 2.41. The first kappa shape index (κ1) is 7.66. The SMILES string of the molecule is CN1CCC2(C)C=CC=CC1=C2. The van der Waals surface area contributed by atoms with E-state index in [1.165, 1.54) is 12.1 Å². The summed E-state index contributed by atoms with van der Waals surface area (Å²) in [5.74, 6) is 0. The first-order valence-corrected chi connectivity index (χ1v) is 4.50. The average Bonchev–Trinajstić information content (AvgIpc) is 2.20. The number of rotatable bonds is 0. The van der Waals surface area contributed by atoms with Crippen molar-refractivity contribution >= 4 is 0 Å². The molecule has 2 bridgehead atoms. The van der Waals surface area contributed by atoms with Crippen LogP contribution in [0.5, 0.6) is 0 Å². The Bertz CT molecular complexity index is 273. The van der Waals surface area contributed by atoms with Crippen LogP contribution in [0, 0.1) is 5.41 Å². The molecule has 1 heteroatoms. The molecule has 0 aromatic rings. The Hall–Kier alpha value is -0.980. The molecule has 0 saturated heterocycles.